The standard InChI is InChI=1S/C47H27N3OS/c1-2-10-30(11-3-1)45-48-46(33-20-19-29-18-17-28-9-4-5-12-34(28)37(29)27-33)50-47(49-45)36-14-8-15-41-44(36)39-26-31(21-23-40(39)51-41)32-22-24-43-38(25-32)35-13-6-7-16-42(35)52-43/h1-27H. The fourth-order valence-corrected chi connectivity index (χ4v) is 8.67. The third-order valence-corrected chi connectivity index (χ3v) is 11.3. The van der Waals surface area contributed by atoms with Crippen LogP contribution >= 0.6 is 11.3 Å². The molecule has 11 rings (SSSR count). The largest absolute Gasteiger partial charge is 0.456 e. The number of benzene rings is 8. The monoisotopic (exact) mass is 681 g/mol. The Morgan fingerprint density at radius 3 is 1.88 bits per heavy atom. The first-order chi connectivity index (χ1) is 25.7. The number of aromatic nitrogens is 3. The normalized spacial score (nSPS) is 11.8. The second-order valence-corrected chi connectivity index (χ2v) is 14.3. The van der Waals surface area contributed by atoms with Gasteiger partial charge in [-0.3, -0.25) is 0 Å². The molecule has 3 heterocycles. The maximum absolute atomic E-state index is 6.47. The van der Waals surface area contributed by atoms with E-state index in [-0.39, 0.29) is 0 Å². The van der Waals surface area contributed by atoms with Crippen molar-refractivity contribution in [1.29, 1.82) is 0 Å². The highest BCUT2D eigenvalue weighted by molar-refractivity contribution is 7.25. The molecule has 242 valence electrons. The molecule has 0 N–H and O–H groups in total. The third-order valence-electron chi connectivity index (χ3n) is 10.1. The van der Waals surface area contributed by atoms with E-state index in [1.54, 1.807) is 0 Å². The van der Waals surface area contributed by atoms with E-state index in [4.69, 9.17) is 19.4 Å². The van der Waals surface area contributed by atoms with Crippen molar-refractivity contribution >= 4 is 75.0 Å². The number of nitrogens with zero attached hydrogens (tertiary/aromatic N) is 3. The van der Waals surface area contributed by atoms with Gasteiger partial charge in [0.1, 0.15) is 11.2 Å². The zero-order chi connectivity index (χ0) is 34.2. The molecule has 4 nitrogen and oxygen atoms in total. The van der Waals surface area contributed by atoms with Crippen LogP contribution in [0.3, 0.4) is 0 Å². The lowest BCUT2D eigenvalue weighted by Crippen LogP contribution is -2.00. The Hall–Kier alpha value is -6.69. The van der Waals surface area contributed by atoms with Crippen molar-refractivity contribution in [2.45, 2.75) is 0 Å². The maximum Gasteiger partial charge on any atom is 0.164 e. The predicted molar refractivity (Wildman–Crippen MR) is 217 cm³/mol. The van der Waals surface area contributed by atoms with Crippen molar-refractivity contribution in [3.63, 3.8) is 0 Å². The Balaban J connectivity index is 1.12. The molecule has 52 heavy (non-hydrogen) atoms. The van der Waals surface area contributed by atoms with Crippen molar-refractivity contribution < 1.29 is 4.42 Å². The van der Waals surface area contributed by atoms with E-state index >= 15 is 0 Å². The van der Waals surface area contributed by atoms with Gasteiger partial charge < -0.3 is 4.42 Å². The smallest absolute Gasteiger partial charge is 0.164 e. The number of furan rings is 1. The van der Waals surface area contributed by atoms with Gasteiger partial charge in [-0.25, -0.2) is 15.0 Å². The second-order valence-electron chi connectivity index (χ2n) is 13.2. The highest BCUT2D eigenvalue weighted by Crippen LogP contribution is 2.41. The summed E-state index contributed by atoms with van der Waals surface area (Å²) in [5, 5.41) is 9.34. The summed E-state index contributed by atoms with van der Waals surface area (Å²) in [6, 6.07) is 57.5. The van der Waals surface area contributed by atoms with E-state index in [0.717, 1.165) is 44.2 Å². The summed E-state index contributed by atoms with van der Waals surface area (Å²) in [6.07, 6.45) is 0. The molecule has 3 aromatic heterocycles. The van der Waals surface area contributed by atoms with Gasteiger partial charge in [-0.05, 0) is 75.1 Å². The average molecular weight is 682 g/mol. The molecule has 0 aliphatic heterocycles. The van der Waals surface area contributed by atoms with Crippen molar-refractivity contribution in [3.05, 3.63) is 164 Å². The number of hydrogen-bond acceptors (Lipinski definition) is 5. The first kappa shape index (κ1) is 29.1. The summed E-state index contributed by atoms with van der Waals surface area (Å²) < 4.78 is 9.07. The fourth-order valence-electron chi connectivity index (χ4n) is 7.58. The zero-order valence-electron chi connectivity index (χ0n) is 27.7. The van der Waals surface area contributed by atoms with E-state index in [1.165, 1.54) is 47.3 Å². The van der Waals surface area contributed by atoms with Crippen molar-refractivity contribution in [2.75, 3.05) is 0 Å². The Kier molecular flexibility index (Phi) is 6.39. The predicted octanol–water partition coefficient (Wildman–Crippen LogP) is 13.1. The van der Waals surface area contributed by atoms with Crippen LogP contribution < -0.4 is 0 Å². The minimum absolute atomic E-state index is 0.603. The highest BCUT2D eigenvalue weighted by atomic mass is 32.1. The van der Waals surface area contributed by atoms with Gasteiger partial charge in [0, 0.05) is 47.6 Å². The molecule has 5 heteroatoms. The molecule has 0 fully saturated rings. The van der Waals surface area contributed by atoms with Gasteiger partial charge in [0.2, 0.25) is 0 Å². The van der Waals surface area contributed by atoms with E-state index in [1.807, 2.05) is 53.8 Å². The van der Waals surface area contributed by atoms with Gasteiger partial charge in [-0.2, -0.15) is 0 Å². The lowest BCUT2D eigenvalue weighted by Gasteiger charge is -2.11. The Morgan fingerprint density at radius 2 is 1.00 bits per heavy atom. The molecule has 0 aliphatic carbocycles. The Morgan fingerprint density at radius 1 is 0.365 bits per heavy atom. The van der Waals surface area contributed by atoms with Crippen molar-refractivity contribution in [2.24, 2.45) is 0 Å². The lowest BCUT2D eigenvalue weighted by molar-refractivity contribution is 0.669. The van der Waals surface area contributed by atoms with Gasteiger partial charge in [0.15, 0.2) is 17.5 Å². The molecular weight excluding hydrogens is 655 g/mol. The van der Waals surface area contributed by atoms with E-state index < -0.39 is 0 Å². The van der Waals surface area contributed by atoms with Crippen LogP contribution in [0.1, 0.15) is 0 Å². The number of rotatable bonds is 4. The number of thiophene rings is 1. The quantitative estimate of drug-likeness (QED) is 0.174. The first-order valence-corrected chi connectivity index (χ1v) is 18.2. The molecule has 0 saturated carbocycles. The van der Waals surface area contributed by atoms with Gasteiger partial charge in [0.25, 0.3) is 0 Å². The summed E-state index contributed by atoms with van der Waals surface area (Å²) in [6.45, 7) is 0. The van der Waals surface area contributed by atoms with E-state index in [9.17, 15) is 0 Å². The van der Waals surface area contributed by atoms with Gasteiger partial charge in [-0.1, -0.05) is 121 Å². The lowest BCUT2D eigenvalue weighted by atomic mass is 9.99. The van der Waals surface area contributed by atoms with Crippen LogP contribution in [0.25, 0.3) is 109 Å². The molecular formula is C47H27N3OS. The Bertz CT molecular complexity index is 3200. The van der Waals surface area contributed by atoms with E-state index in [0.29, 0.717) is 17.5 Å². The second kappa shape index (κ2) is 11.4. The van der Waals surface area contributed by atoms with E-state index in [2.05, 4.69) is 121 Å². The molecule has 0 spiro atoms. The molecule has 0 aliphatic rings. The van der Waals surface area contributed by atoms with Crippen LogP contribution in [0.5, 0.6) is 0 Å². The SMILES string of the molecule is c1ccc(-c2nc(-c3ccc4ccc5ccccc5c4c3)nc(-c3cccc4oc5ccc(-c6ccc7sc8ccccc8c7c6)cc5c34)n2)cc1. The summed E-state index contributed by atoms with van der Waals surface area (Å²) in [5.41, 5.74) is 6.69. The third kappa shape index (κ3) is 4.64. The number of fused-ring (bicyclic) bond motifs is 9. The highest BCUT2D eigenvalue weighted by Gasteiger charge is 2.19. The summed E-state index contributed by atoms with van der Waals surface area (Å²) in [4.78, 5) is 15.4. The van der Waals surface area contributed by atoms with Gasteiger partial charge in [-0.15, -0.1) is 11.3 Å². The summed E-state index contributed by atoms with van der Waals surface area (Å²) in [7, 11) is 0. The molecule has 0 atom stereocenters. The molecule has 0 saturated heterocycles. The van der Waals surface area contributed by atoms with Crippen LogP contribution in [-0.2, 0) is 0 Å². The molecule has 0 bridgehead atoms. The molecule has 11 aromatic rings. The molecule has 0 radical (unpaired) electrons. The number of hydrogen-bond donors (Lipinski definition) is 0. The van der Waals surface area contributed by atoms with Crippen molar-refractivity contribution in [1.82, 2.24) is 15.0 Å². The van der Waals surface area contributed by atoms with Crippen LogP contribution in [0, 0.1) is 0 Å². The van der Waals surface area contributed by atoms with Crippen LogP contribution in [0.2, 0.25) is 0 Å². The summed E-state index contributed by atoms with van der Waals surface area (Å²) in [5.74, 6) is 1.85. The van der Waals surface area contributed by atoms with Crippen LogP contribution in [0.15, 0.2) is 168 Å². The summed E-state index contributed by atoms with van der Waals surface area (Å²) >= 11 is 1.84. The van der Waals surface area contributed by atoms with Crippen molar-refractivity contribution in [3.8, 4) is 45.3 Å². The molecule has 0 unspecified atom stereocenters. The van der Waals surface area contributed by atoms with Crippen LogP contribution in [-0.4, -0.2) is 15.0 Å². The zero-order valence-corrected chi connectivity index (χ0v) is 28.6. The van der Waals surface area contributed by atoms with Crippen LogP contribution in [0.4, 0.5) is 0 Å². The molecule has 8 aromatic carbocycles. The Labute approximate surface area is 302 Å². The minimum atomic E-state index is 0.603. The first-order valence-electron chi connectivity index (χ1n) is 17.3. The topological polar surface area (TPSA) is 51.8 Å². The average Bonchev–Trinajstić information content (AvgIpc) is 3.78. The van der Waals surface area contributed by atoms with Gasteiger partial charge in [0.05, 0.1) is 0 Å². The fraction of sp³-hybridized carbons (Fsp3) is 0. The minimum Gasteiger partial charge on any atom is -0.456 e. The maximum atomic E-state index is 6.47. The molecule has 0 amide bonds. The van der Waals surface area contributed by atoms with Gasteiger partial charge >= 0.3 is 0 Å².